The van der Waals surface area contributed by atoms with Crippen molar-refractivity contribution in [3.8, 4) is 5.75 Å². The Morgan fingerprint density at radius 3 is 2.62 bits per heavy atom. The lowest BCUT2D eigenvalue weighted by Crippen LogP contribution is -2.34. The first kappa shape index (κ1) is 17.0. The van der Waals surface area contributed by atoms with Crippen LogP contribution in [0, 0.1) is 5.82 Å². The van der Waals surface area contributed by atoms with Gasteiger partial charge in [-0.2, -0.15) is 0 Å². The molecule has 0 aromatic heterocycles. The first-order valence-corrected chi connectivity index (χ1v) is 9.54. The maximum Gasteiger partial charge on any atom is 0.200 e. The van der Waals surface area contributed by atoms with Crippen LogP contribution in [0.5, 0.6) is 5.75 Å². The third-order valence-corrected chi connectivity index (χ3v) is 6.10. The highest BCUT2D eigenvalue weighted by Crippen LogP contribution is 2.42. The summed E-state index contributed by atoms with van der Waals surface area (Å²) in [6.07, 6.45) is 1.56. The van der Waals surface area contributed by atoms with Crippen LogP contribution in [0.25, 0.3) is 0 Å². The van der Waals surface area contributed by atoms with Gasteiger partial charge in [0.05, 0.1) is 5.75 Å². The SMILES string of the molecule is C=CCS(=O)(=O)C1CC(c2ccc(Cl)cc2)c2cc(F)ccc2O1. The second-order valence-electron chi connectivity index (χ2n) is 5.69. The monoisotopic (exact) mass is 366 g/mol. The van der Waals surface area contributed by atoms with E-state index in [-0.39, 0.29) is 23.9 Å². The molecule has 0 fully saturated rings. The Kier molecular flexibility index (Phi) is 4.65. The van der Waals surface area contributed by atoms with Gasteiger partial charge in [0.2, 0.25) is 0 Å². The van der Waals surface area contributed by atoms with Gasteiger partial charge >= 0.3 is 0 Å². The van der Waals surface area contributed by atoms with Crippen molar-refractivity contribution in [3.63, 3.8) is 0 Å². The van der Waals surface area contributed by atoms with Crippen LogP contribution in [0.3, 0.4) is 0 Å². The number of hydrogen-bond acceptors (Lipinski definition) is 3. The summed E-state index contributed by atoms with van der Waals surface area (Å²) >= 11 is 5.93. The smallest absolute Gasteiger partial charge is 0.200 e. The Balaban J connectivity index is 2.07. The lowest BCUT2D eigenvalue weighted by molar-refractivity contribution is 0.232. The summed E-state index contributed by atoms with van der Waals surface area (Å²) in [6.45, 7) is 3.48. The highest BCUT2D eigenvalue weighted by atomic mass is 35.5. The van der Waals surface area contributed by atoms with Crippen LogP contribution in [0.2, 0.25) is 5.02 Å². The van der Waals surface area contributed by atoms with Gasteiger partial charge in [0.15, 0.2) is 15.3 Å². The minimum absolute atomic E-state index is 0.165. The molecule has 0 N–H and O–H groups in total. The molecule has 6 heteroatoms. The van der Waals surface area contributed by atoms with Gasteiger partial charge in [-0.1, -0.05) is 29.8 Å². The fraction of sp³-hybridized carbons (Fsp3) is 0.222. The van der Waals surface area contributed by atoms with E-state index in [2.05, 4.69) is 6.58 Å². The largest absolute Gasteiger partial charge is 0.474 e. The lowest BCUT2D eigenvalue weighted by Gasteiger charge is -2.32. The number of ether oxygens (including phenoxy) is 1. The van der Waals surface area contributed by atoms with E-state index < -0.39 is 15.3 Å². The van der Waals surface area contributed by atoms with Gasteiger partial charge in [0.1, 0.15) is 11.6 Å². The van der Waals surface area contributed by atoms with Crippen LogP contribution in [0.1, 0.15) is 23.5 Å². The molecule has 3 nitrogen and oxygen atoms in total. The molecule has 2 unspecified atom stereocenters. The molecule has 1 aliphatic heterocycles. The second kappa shape index (κ2) is 6.57. The summed E-state index contributed by atoms with van der Waals surface area (Å²) in [7, 11) is -3.50. The standard InChI is InChI=1S/C18H16ClFO3S/c1-2-9-24(21,22)18-11-15(12-3-5-13(19)6-4-12)16-10-14(20)7-8-17(16)23-18/h2-8,10,15,18H,1,9,11H2. The molecule has 3 rings (SSSR count). The number of rotatable bonds is 4. The average molecular weight is 367 g/mol. The molecule has 0 radical (unpaired) electrons. The van der Waals surface area contributed by atoms with E-state index in [4.69, 9.17) is 16.3 Å². The Hall–Kier alpha value is -1.85. The first-order chi connectivity index (χ1) is 11.4. The van der Waals surface area contributed by atoms with Crippen LogP contribution in [-0.4, -0.2) is 19.6 Å². The first-order valence-electron chi connectivity index (χ1n) is 7.45. The van der Waals surface area contributed by atoms with Crippen molar-refractivity contribution >= 4 is 21.4 Å². The third kappa shape index (κ3) is 3.32. The fourth-order valence-electron chi connectivity index (χ4n) is 2.91. The zero-order chi connectivity index (χ0) is 17.3. The van der Waals surface area contributed by atoms with Crippen molar-refractivity contribution in [3.05, 3.63) is 77.1 Å². The minimum atomic E-state index is -3.50. The lowest BCUT2D eigenvalue weighted by atomic mass is 9.86. The van der Waals surface area contributed by atoms with Crippen molar-refractivity contribution < 1.29 is 17.5 Å². The Bertz CT molecular complexity index is 862. The van der Waals surface area contributed by atoms with Crippen molar-refractivity contribution in [2.24, 2.45) is 0 Å². The Morgan fingerprint density at radius 2 is 1.96 bits per heavy atom. The molecule has 0 bridgehead atoms. The molecule has 0 aliphatic carbocycles. The predicted molar refractivity (Wildman–Crippen MR) is 92.7 cm³/mol. The number of halogens is 2. The molecule has 0 saturated heterocycles. The zero-order valence-electron chi connectivity index (χ0n) is 12.8. The number of hydrogen-bond donors (Lipinski definition) is 0. The minimum Gasteiger partial charge on any atom is -0.474 e. The van der Waals surface area contributed by atoms with Crippen LogP contribution in [0.4, 0.5) is 4.39 Å². The van der Waals surface area contributed by atoms with E-state index in [1.54, 1.807) is 12.1 Å². The molecule has 2 aromatic carbocycles. The molecule has 0 saturated carbocycles. The maximum atomic E-state index is 13.7. The second-order valence-corrected chi connectivity index (χ2v) is 8.31. The summed E-state index contributed by atoms with van der Waals surface area (Å²) in [6, 6.07) is 11.2. The van der Waals surface area contributed by atoms with Crippen LogP contribution in [-0.2, 0) is 9.84 Å². The van der Waals surface area contributed by atoms with Crippen LogP contribution >= 0.6 is 11.6 Å². The average Bonchev–Trinajstić information content (AvgIpc) is 2.54. The molecule has 0 spiro atoms. The van der Waals surface area contributed by atoms with Gasteiger partial charge in [-0.15, -0.1) is 6.58 Å². The number of fused-ring (bicyclic) bond motifs is 1. The van der Waals surface area contributed by atoms with Crippen molar-refractivity contribution in [2.45, 2.75) is 17.8 Å². The number of sulfone groups is 1. The molecule has 1 heterocycles. The zero-order valence-corrected chi connectivity index (χ0v) is 14.4. The summed E-state index contributed by atoms with van der Waals surface area (Å²) in [5, 5.41) is 0.584. The summed E-state index contributed by atoms with van der Waals surface area (Å²) < 4.78 is 44.1. The van der Waals surface area contributed by atoms with E-state index in [0.29, 0.717) is 16.3 Å². The maximum absolute atomic E-state index is 13.7. The summed E-state index contributed by atoms with van der Waals surface area (Å²) in [4.78, 5) is 0. The van der Waals surface area contributed by atoms with Crippen molar-refractivity contribution in [2.75, 3.05) is 5.75 Å². The van der Waals surface area contributed by atoms with Gasteiger partial charge in [-0.3, -0.25) is 0 Å². The third-order valence-electron chi connectivity index (χ3n) is 4.06. The van der Waals surface area contributed by atoms with Gasteiger partial charge in [-0.25, -0.2) is 12.8 Å². The molecular weight excluding hydrogens is 351 g/mol. The molecule has 2 aromatic rings. The van der Waals surface area contributed by atoms with E-state index in [1.165, 1.54) is 24.3 Å². The molecule has 2 atom stereocenters. The van der Waals surface area contributed by atoms with Gasteiger partial charge in [0, 0.05) is 22.9 Å². The summed E-state index contributed by atoms with van der Waals surface area (Å²) in [5.74, 6) is -0.447. The normalized spacial score (nSPS) is 20.1. The topological polar surface area (TPSA) is 43.4 Å². The van der Waals surface area contributed by atoms with Gasteiger partial charge in [0.25, 0.3) is 0 Å². The molecule has 1 aliphatic rings. The van der Waals surface area contributed by atoms with Gasteiger partial charge < -0.3 is 4.74 Å². The van der Waals surface area contributed by atoms with Crippen molar-refractivity contribution in [1.82, 2.24) is 0 Å². The quantitative estimate of drug-likeness (QED) is 0.757. The van der Waals surface area contributed by atoms with E-state index >= 15 is 0 Å². The van der Waals surface area contributed by atoms with Crippen LogP contribution in [0.15, 0.2) is 55.1 Å². The fourth-order valence-corrected chi connectivity index (χ4v) is 4.32. The molecule has 126 valence electrons. The van der Waals surface area contributed by atoms with E-state index in [9.17, 15) is 12.8 Å². The molecule has 24 heavy (non-hydrogen) atoms. The molecule has 0 amide bonds. The Morgan fingerprint density at radius 1 is 1.25 bits per heavy atom. The number of benzene rings is 2. The highest BCUT2D eigenvalue weighted by molar-refractivity contribution is 7.92. The van der Waals surface area contributed by atoms with Crippen molar-refractivity contribution in [1.29, 1.82) is 0 Å². The highest BCUT2D eigenvalue weighted by Gasteiger charge is 2.36. The van der Waals surface area contributed by atoms with E-state index in [0.717, 1.165) is 5.56 Å². The van der Waals surface area contributed by atoms with Crippen LogP contribution < -0.4 is 4.74 Å². The Labute approximate surface area is 145 Å². The molecular formula is C18H16ClFO3S. The van der Waals surface area contributed by atoms with E-state index in [1.807, 2.05) is 12.1 Å². The summed E-state index contributed by atoms with van der Waals surface area (Å²) in [5.41, 5.74) is 0.518. The van der Waals surface area contributed by atoms with Gasteiger partial charge in [-0.05, 0) is 35.9 Å². The predicted octanol–water partition coefficient (Wildman–Crippen LogP) is 4.32.